The number of amides is 1. The first-order valence-corrected chi connectivity index (χ1v) is 9.25. The first-order valence-electron chi connectivity index (χ1n) is 9.25. The zero-order valence-electron chi connectivity index (χ0n) is 16.1. The third-order valence-electron chi connectivity index (χ3n) is 4.41. The molecule has 0 aliphatic heterocycles. The van der Waals surface area contributed by atoms with E-state index in [1.165, 1.54) is 24.5 Å². The van der Waals surface area contributed by atoms with E-state index in [1.54, 1.807) is 41.3 Å². The van der Waals surface area contributed by atoms with E-state index in [1.807, 2.05) is 30.3 Å². The molecule has 0 radical (unpaired) electrons. The topological polar surface area (TPSA) is 115 Å². The number of nitro groups is 1. The number of nitro benzene ring substituents is 1. The molecule has 0 bridgehead atoms. The third kappa shape index (κ3) is 4.51. The average Bonchev–Trinajstić information content (AvgIpc) is 3.24. The average molecular weight is 412 g/mol. The summed E-state index contributed by atoms with van der Waals surface area (Å²) in [4.78, 5) is 26.6. The number of benzene rings is 2. The smallest absolute Gasteiger partial charge is 0.267 e. The zero-order chi connectivity index (χ0) is 21.6. The molecule has 2 aromatic heterocycles. The molecular weight excluding hydrogens is 396 g/mol. The van der Waals surface area contributed by atoms with Crippen molar-refractivity contribution in [3.8, 4) is 16.9 Å². The maximum Gasteiger partial charge on any atom is 0.272 e. The lowest BCUT2D eigenvalue weighted by atomic mass is 10.1. The van der Waals surface area contributed by atoms with Crippen LogP contribution in [0.4, 0.5) is 5.69 Å². The molecule has 0 spiro atoms. The molecule has 0 unspecified atom stereocenters. The Hall–Kier alpha value is -4.66. The van der Waals surface area contributed by atoms with Gasteiger partial charge in [-0.05, 0) is 36.4 Å². The second-order valence-electron chi connectivity index (χ2n) is 6.46. The number of hydrogen-bond acceptors (Lipinski definition) is 6. The van der Waals surface area contributed by atoms with Gasteiger partial charge in [0.15, 0.2) is 0 Å². The van der Waals surface area contributed by atoms with Gasteiger partial charge in [-0.3, -0.25) is 19.9 Å². The molecule has 4 rings (SSSR count). The van der Waals surface area contributed by atoms with Crippen molar-refractivity contribution < 1.29 is 9.72 Å². The van der Waals surface area contributed by atoms with Crippen molar-refractivity contribution in [3.05, 3.63) is 107 Å². The van der Waals surface area contributed by atoms with Crippen LogP contribution in [0.15, 0.2) is 90.4 Å². The molecule has 0 saturated heterocycles. The Bertz CT molecular complexity index is 1240. The minimum Gasteiger partial charge on any atom is -0.267 e. The summed E-state index contributed by atoms with van der Waals surface area (Å²) in [5.41, 5.74) is 5.55. The number of carbonyl (C=O) groups is 1. The number of hydrazone groups is 1. The van der Waals surface area contributed by atoms with Crippen molar-refractivity contribution in [3.63, 3.8) is 0 Å². The van der Waals surface area contributed by atoms with Crippen molar-refractivity contribution in [2.45, 2.75) is 0 Å². The summed E-state index contributed by atoms with van der Waals surface area (Å²) in [5.74, 6) is -0.392. The summed E-state index contributed by atoms with van der Waals surface area (Å²) in [7, 11) is 0. The van der Waals surface area contributed by atoms with Gasteiger partial charge in [0.1, 0.15) is 5.69 Å². The van der Waals surface area contributed by atoms with E-state index in [0.29, 0.717) is 22.4 Å². The van der Waals surface area contributed by atoms with Crippen molar-refractivity contribution in [2.75, 3.05) is 0 Å². The number of para-hydroxylation sites is 1. The molecular formula is C22H16N6O3. The second-order valence-corrected chi connectivity index (χ2v) is 6.46. The van der Waals surface area contributed by atoms with Gasteiger partial charge in [-0.15, -0.1) is 0 Å². The maximum atomic E-state index is 12.2. The summed E-state index contributed by atoms with van der Waals surface area (Å²) in [6.07, 6.45) is 6.28. The van der Waals surface area contributed by atoms with Crippen molar-refractivity contribution in [1.29, 1.82) is 0 Å². The molecule has 1 N–H and O–H groups in total. The van der Waals surface area contributed by atoms with Crippen LogP contribution in [0.5, 0.6) is 0 Å². The van der Waals surface area contributed by atoms with Gasteiger partial charge in [0, 0.05) is 41.9 Å². The highest BCUT2D eigenvalue weighted by molar-refractivity contribution is 5.95. The first kappa shape index (κ1) is 19.6. The fraction of sp³-hybridized carbons (Fsp3) is 0. The molecule has 9 heteroatoms. The summed E-state index contributed by atoms with van der Waals surface area (Å²) in [5, 5.41) is 19.6. The number of nitrogens with one attached hydrogen (secondary N) is 1. The van der Waals surface area contributed by atoms with E-state index in [2.05, 4.69) is 20.6 Å². The lowest BCUT2D eigenvalue weighted by Gasteiger charge is -2.00. The molecule has 0 aliphatic rings. The minimum absolute atomic E-state index is 0.00908. The van der Waals surface area contributed by atoms with Crippen LogP contribution in [0.2, 0.25) is 0 Å². The fourth-order valence-electron chi connectivity index (χ4n) is 2.88. The summed E-state index contributed by atoms with van der Waals surface area (Å²) in [6.45, 7) is 0. The Morgan fingerprint density at radius 3 is 2.52 bits per heavy atom. The molecule has 0 saturated carbocycles. The third-order valence-corrected chi connectivity index (χ3v) is 4.41. The molecule has 152 valence electrons. The van der Waals surface area contributed by atoms with Crippen molar-refractivity contribution in [2.24, 2.45) is 5.10 Å². The van der Waals surface area contributed by atoms with E-state index in [0.717, 1.165) is 5.69 Å². The number of pyridine rings is 1. The van der Waals surface area contributed by atoms with Gasteiger partial charge in [-0.25, -0.2) is 10.1 Å². The number of hydrogen-bond donors (Lipinski definition) is 1. The molecule has 4 aromatic rings. The Morgan fingerprint density at radius 1 is 1.06 bits per heavy atom. The Balaban J connectivity index is 1.65. The zero-order valence-corrected chi connectivity index (χ0v) is 16.1. The van der Waals surface area contributed by atoms with Crippen LogP contribution in [0.3, 0.4) is 0 Å². The molecule has 0 aliphatic carbocycles. The predicted octanol–water partition coefficient (Wildman–Crippen LogP) is 3.61. The van der Waals surface area contributed by atoms with E-state index in [9.17, 15) is 14.9 Å². The van der Waals surface area contributed by atoms with Gasteiger partial charge in [0.25, 0.3) is 11.6 Å². The standard InChI is InChI=1S/C22H16N6O3/c29-22(17-5-4-12-23-13-17)25-24-14-18-15-27(19-6-2-1-3-7-19)26-21(18)16-8-10-20(11-9-16)28(30)31/h1-15H,(H,25,29)/b24-14-. The summed E-state index contributed by atoms with van der Waals surface area (Å²) >= 11 is 0. The van der Waals surface area contributed by atoms with Gasteiger partial charge in [-0.2, -0.15) is 10.2 Å². The number of non-ortho nitro benzene ring substituents is 1. The molecule has 0 fully saturated rings. The van der Waals surface area contributed by atoms with Crippen LogP contribution in [-0.4, -0.2) is 31.8 Å². The predicted molar refractivity (Wildman–Crippen MR) is 115 cm³/mol. The normalized spacial score (nSPS) is 10.8. The summed E-state index contributed by atoms with van der Waals surface area (Å²) in [6, 6.07) is 18.9. The van der Waals surface area contributed by atoms with Crippen LogP contribution in [-0.2, 0) is 0 Å². The molecule has 9 nitrogen and oxygen atoms in total. The van der Waals surface area contributed by atoms with Crippen LogP contribution in [0.25, 0.3) is 16.9 Å². The SMILES string of the molecule is O=C(N/N=C\c1cn(-c2ccccc2)nc1-c1ccc([N+](=O)[O-])cc1)c1cccnc1. The molecule has 2 aromatic carbocycles. The molecule has 2 heterocycles. The van der Waals surface area contributed by atoms with Crippen LogP contribution in [0.1, 0.15) is 15.9 Å². The monoisotopic (exact) mass is 412 g/mol. The van der Waals surface area contributed by atoms with E-state index < -0.39 is 10.8 Å². The number of nitrogens with zero attached hydrogens (tertiary/aromatic N) is 5. The van der Waals surface area contributed by atoms with E-state index >= 15 is 0 Å². The molecule has 1 amide bonds. The van der Waals surface area contributed by atoms with Crippen molar-refractivity contribution in [1.82, 2.24) is 20.2 Å². The highest BCUT2D eigenvalue weighted by Crippen LogP contribution is 2.25. The number of carbonyl (C=O) groups excluding carboxylic acids is 1. The highest BCUT2D eigenvalue weighted by Gasteiger charge is 2.13. The largest absolute Gasteiger partial charge is 0.272 e. The minimum atomic E-state index is -0.456. The molecule has 31 heavy (non-hydrogen) atoms. The van der Waals surface area contributed by atoms with E-state index in [4.69, 9.17) is 0 Å². The Morgan fingerprint density at radius 2 is 1.84 bits per heavy atom. The van der Waals surface area contributed by atoms with Gasteiger partial charge in [0.05, 0.1) is 22.4 Å². The second kappa shape index (κ2) is 8.78. The van der Waals surface area contributed by atoms with Gasteiger partial charge >= 0.3 is 0 Å². The van der Waals surface area contributed by atoms with E-state index in [-0.39, 0.29) is 5.69 Å². The van der Waals surface area contributed by atoms with Crippen molar-refractivity contribution >= 4 is 17.8 Å². The van der Waals surface area contributed by atoms with Gasteiger partial charge < -0.3 is 0 Å². The number of rotatable bonds is 6. The summed E-state index contributed by atoms with van der Waals surface area (Å²) < 4.78 is 1.68. The number of aromatic nitrogens is 3. The Labute approximate surface area is 176 Å². The van der Waals surface area contributed by atoms with Gasteiger partial charge in [0.2, 0.25) is 0 Å². The lowest BCUT2D eigenvalue weighted by molar-refractivity contribution is -0.384. The molecule has 0 atom stereocenters. The van der Waals surface area contributed by atoms with Crippen LogP contribution >= 0.6 is 0 Å². The van der Waals surface area contributed by atoms with Crippen LogP contribution in [0, 0.1) is 10.1 Å². The highest BCUT2D eigenvalue weighted by atomic mass is 16.6. The maximum absolute atomic E-state index is 12.2. The first-order chi connectivity index (χ1) is 15.1. The van der Waals surface area contributed by atoms with Gasteiger partial charge in [-0.1, -0.05) is 18.2 Å². The van der Waals surface area contributed by atoms with Crippen LogP contribution < -0.4 is 5.43 Å². The Kier molecular flexibility index (Phi) is 5.57. The lowest BCUT2D eigenvalue weighted by Crippen LogP contribution is -2.17. The fourth-order valence-corrected chi connectivity index (χ4v) is 2.88. The quantitative estimate of drug-likeness (QED) is 0.295.